The molecule has 1 saturated heterocycles. The van der Waals surface area contributed by atoms with Crippen LogP contribution in [0.3, 0.4) is 0 Å². The zero-order valence-electron chi connectivity index (χ0n) is 20.2. The Morgan fingerprint density at radius 2 is 1.86 bits per heavy atom. The summed E-state index contributed by atoms with van der Waals surface area (Å²) >= 11 is 0. The average Bonchev–Trinajstić information content (AvgIpc) is 3.61. The number of aromatic amines is 1. The third kappa shape index (κ3) is 4.40. The smallest absolute Gasteiger partial charge is 0.295 e. The van der Waals surface area contributed by atoms with Crippen LogP contribution in [0.1, 0.15) is 36.8 Å². The Balaban J connectivity index is 1.46. The lowest BCUT2D eigenvalue weighted by molar-refractivity contribution is -0.140. The number of likely N-dealkylation sites (tertiary alicyclic amines) is 1. The van der Waals surface area contributed by atoms with Crippen LogP contribution in [0.15, 0.2) is 83.1 Å². The Morgan fingerprint density at radius 3 is 2.58 bits per heavy atom. The summed E-state index contributed by atoms with van der Waals surface area (Å²) in [6.07, 6.45) is 3.96. The van der Waals surface area contributed by atoms with Crippen LogP contribution in [0.2, 0.25) is 0 Å². The number of aromatic nitrogens is 1. The molecule has 1 fully saturated rings. The van der Waals surface area contributed by atoms with Crippen molar-refractivity contribution in [3.8, 4) is 5.75 Å². The first-order valence-electron chi connectivity index (χ1n) is 12.0. The number of para-hydroxylation sites is 1. The highest BCUT2D eigenvalue weighted by atomic mass is 16.5. The highest BCUT2D eigenvalue weighted by Crippen LogP contribution is 2.40. The van der Waals surface area contributed by atoms with E-state index in [4.69, 9.17) is 9.15 Å². The number of nitrogens with zero attached hydrogens (tertiary/aromatic N) is 1. The van der Waals surface area contributed by atoms with E-state index < -0.39 is 17.7 Å². The third-order valence-corrected chi connectivity index (χ3v) is 6.36. The predicted octanol–water partition coefficient (Wildman–Crippen LogP) is 5.46. The monoisotopic (exact) mass is 484 g/mol. The number of carbonyl (C=O) groups is 2. The lowest BCUT2D eigenvalue weighted by atomic mass is 9.99. The molecule has 184 valence electrons. The summed E-state index contributed by atoms with van der Waals surface area (Å²) < 4.78 is 11.3. The summed E-state index contributed by atoms with van der Waals surface area (Å²) in [5, 5.41) is 12.3. The summed E-state index contributed by atoms with van der Waals surface area (Å²) in [5.41, 5.74) is 2.50. The highest BCUT2D eigenvalue weighted by molar-refractivity contribution is 6.46. The van der Waals surface area contributed by atoms with Crippen molar-refractivity contribution in [1.82, 2.24) is 9.88 Å². The van der Waals surface area contributed by atoms with E-state index in [2.05, 4.69) is 18.8 Å². The van der Waals surface area contributed by atoms with Gasteiger partial charge in [0, 0.05) is 29.2 Å². The molecule has 1 unspecified atom stereocenters. The highest BCUT2D eigenvalue weighted by Gasteiger charge is 2.47. The number of carbonyl (C=O) groups excluding carboxylic acids is 2. The molecular formula is C29H28N2O5. The molecule has 36 heavy (non-hydrogen) atoms. The number of hydrogen-bond acceptors (Lipinski definition) is 5. The lowest BCUT2D eigenvalue weighted by Crippen LogP contribution is -2.31. The largest absolute Gasteiger partial charge is 0.507 e. The minimum atomic E-state index is -0.818. The Hall–Kier alpha value is -4.26. The summed E-state index contributed by atoms with van der Waals surface area (Å²) in [6.45, 7) is 4.99. The van der Waals surface area contributed by atoms with Gasteiger partial charge in [-0.1, -0.05) is 32.0 Å². The first-order valence-corrected chi connectivity index (χ1v) is 12.0. The first-order chi connectivity index (χ1) is 17.4. The Morgan fingerprint density at radius 1 is 1.08 bits per heavy atom. The van der Waals surface area contributed by atoms with Crippen molar-refractivity contribution < 1.29 is 23.8 Å². The molecule has 4 aromatic rings. The number of Topliss-reactive ketones (excluding diaryl/α,β-unsaturated/α-hetero) is 1. The van der Waals surface area contributed by atoms with E-state index in [1.165, 1.54) is 11.2 Å². The number of rotatable bonds is 8. The van der Waals surface area contributed by atoms with Crippen LogP contribution in [-0.2, 0) is 16.0 Å². The number of amides is 1. The van der Waals surface area contributed by atoms with E-state index in [9.17, 15) is 14.7 Å². The molecule has 0 radical (unpaired) electrons. The summed E-state index contributed by atoms with van der Waals surface area (Å²) in [7, 11) is 0. The lowest BCUT2D eigenvalue weighted by Gasteiger charge is -2.23. The Kier molecular flexibility index (Phi) is 6.38. The fraction of sp³-hybridized carbons (Fsp3) is 0.241. The van der Waals surface area contributed by atoms with E-state index in [0.717, 1.165) is 16.5 Å². The van der Waals surface area contributed by atoms with Crippen LogP contribution in [0.5, 0.6) is 5.75 Å². The minimum absolute atomic E-state index is 0.0183. The molecule has 0 aliphatic carbocycles. The molecule has 0 bridgehead atoms. The van der Waals surface area contributed by atoms with Crippen molar-refractivity contribution in [2.24, 2.45) is 5.92 Å². The van der Waals surface area contributed by atoms with Gasteiger partial charge in [0.1, 0.15) is 23.3 Å². The molecule has 1 aliphatic heterocycles. The number of H-pyrrole nitrogens is 1. The summed E-state index contributed by atoms with van der Waals surface area (Å²) in [6, 6.07) is 17.4. The van der Waals surface area contributed by atoms with E-state index in [-0.39, 0.29) is 17.9 Å². The van der Waals surface area contributed by atoms with Crippen LogP contribution in [-0.4, -0.2) is 39.8 Å². The van der Waals surface area contributed by atoms with Crippen LogP contribution >= 0.6 is 0 Å². The molecule has 2 N–H and O–H groups in total. The van der Waals surface area contributed by atoms with E-state index >= 15 is 0 Å². The number of fused-ring (bicyclic) bond motifs is 1. The van der Waals surface area contributed by atoms with Gasteiger partial charge < -0.3 is 24.1 Å². The van der Waals surface area contributed by atoms with Crippen LogP contribution in [0, 0.1) is 5.92 Å². The normalized spacial score (nSPS) is 17.4. The van der Waals surface area contributed by atoms with Gasteiger partial charge in [0.2, 0.25) is 0 Å². The van der Waals surface area contributed by atoms with Crippen LogP contribution in [0.25, 0.3) is 16.7 Å². The quantitative estimate of drug-likeness (QED) is 0.197. The zero-order chi connectivity index (χ0) is 25.2. The van der Waals surface area contributed by atoms with Crippen molar-refractivity contribution >= 4 is 28.4 Å². The van der Waals surface area contributed by atoms with Gasteiger partial charge in [-0.2, -0.15) is 0 Å². The van der Waals surface area contributed by atoms with Gasteiger partial charge in [-0.15, -0.1) is 0 Å². The zero-order valence-corrected chi connectivity index (χ0v) is 20.2. The van der Waals surface area contributed by atoms with Gasteiger partial charge in [0.25, 0.3) is 11.7 Å². The maximum Gasteiger partial charge on any atom is 0.295 e. The molecule has 2 aromatic carbocycles. The topological polar surface area (TPSA) is 95.8 Å². The second kappa shape index (κ2) is 9.77. The number of ketones is 1. The summed E-state index contributed by atoms with van der Waals surface area (Å²) in [4.78, 5) is 31.0. The predicted molar refractivity (Wildman–Crippen MR) is 136 cm³/mol. The van der Waals surface area contributed by atoms with Crippen LogP contribution in [0.4, 0.5) is 0 Å². The number of benzene rings is 2. The second-order valence-corrected chi connectivity index (χ2v) is 9.35. The van der Waals surface area contributed by atoms with Gasteiger partial charge in [-0.05, 0) is 60.4 Å². The molecule has 0 spiro atoms. The number of ether oxygens (including phenoxy) is 1. The molecule has 1 aliphatic rings. The van der Waals surface area contributed by atoms with Crippen molar-refractivity contribution in [1.29, 1.82) is 0 Å². The van der Waals surface area contributed by atoms with Crippen molar-refractivity contribution in [2.75, 3.05) is 13.2 Å². The average molecular weight is 485 g/mol. The van der Waals surface area contributed by atoms with Gasteiger partial charge in [-0.25, -0.2) is 0 Å². The van der Waals surface area contributed by atoms with Crippen molar-refractivity contribution in [3.63, 3.8) is 0 Å². The van der Waals surface area contributed by atoms with Gasteiger partial charge in [0.05, 0.1) is 18.4 Å². The standard InChI is InChI=1S/C29H28N2O5/c1-18(2)17-36-21-11-9-19(10-12-21)27(32)25-26(24-8-5-15-35-24)31(29(34)28(25)33)14-13-20-16-30-23-7-4-3-6-22(20)23/h3-12,15-16,18,26,30,32H,13-14,17H2,1-2H3/b27-25-. The Labute approximate surface area is 209 Å². The number of furan rings is 1. The molecule has 7 nitrogen and oxygen atoms in total. The van der Waals surface area contributed by atoms with Gasteiger partial charge in [0.15, 0.2) is 0 Å². The third-order valence-electron chi connectivity index (χ3n) is 6.36. The van der Waals surface area contributed by atoms with Crippen LogP contribution < -0.4 is 4.74 Å². The molecule has 1 amide bonds. The molecule has 0 saturated carbocycles. The summed E-state index contributed by atoms with van der Waals surface area (Å²) in [5.74, 6) is -0.150. The van der Waals surface area contributed by atoms with E-state index in [0.29, 0.717) is 36.0 Å². The molecule has 5 rings (SSSR count). The second-order valence-electron chi connectivity index (χ2n) is 9.35. The SMILES string of the molecule is CC(C)COc1ccc(/C(O)=C2/C(=O)C(=O)N(CCc3c[nH]c4ccccc34)C2c2ccco2)cc1. The fourth-order valence-corrected chi connectivity index (χ4v) is 4.56. The molecule has 7 heteroatoms. The molecule has 1 atom stereocenters. The number of aliphatic hydroxyl groups is 1. The van der Waals surface area contributed by atoms with Gasteiger partial charge in [-0.3, -0.25) is 9.59 Å². The fourth-order valence-electron chi connectivity index (χ4n) is 4.56. The minimum Gasteiger partial charge on any atom is -0.507 e. The maximum absolute atomic E-state index is 13.2. The molecule has 2 aromatic heterocycles. The molecular weight excluding hydrogens is 456 g/mol. The van der Waals surface area contributed by atoms with Gasteiger partial charge >= 0.3 is 0 Å². The number of nitrogens with one attached hydrogen (secondary N) is 1. The number of hydrogen-bond donors (Lipinski definition) is 2. The van der Waals surface area contributed by atoms with Crippen molar-refractivity contribution in [2.45, 2.75) is 26.3 Å². The van der Waals surface area contributed by atoms with Crippen molar-refractivity contribution in [3.05, 3.63) is 95.6 Å². The van der Waals surface area contributed by atoms with E-state index in [1.54, 1.807) is 36.4 Å². The first kappa shape index (κ1) is 23.5. The number of aliphatic hydroxyl groups excluding tert-OH is 1. The Bertz CT molecular complexity index is 1410. The molecule has 3 heterocycles. The maximum atomic E-state index is 13.2. The van der Waals surface area contributed by atoms with E-state index in [1.807, 2.05) is 30.5 Å².